The van der Waals surface area contributed by atoms with Crippen molar-refractivity contribution < 1.29 is 17.9 Å². The first-order valence-corrected chi connectivity index (χ1v) is 10.5. The van der Waals surface area contributed by atoms with Gasteiger partial charge < -0.3 is 4.74 Å². The predicted molar refractivity (Wildman–Crippen MR) is 113 cm³/mol. The van der Waals surface area contributed by atoms with Gasteiger partial charge in [-0.15, -0.1) is 0 Å². The van der Waals surface area contributed by atoms with Crippen molar-refractivity contribution in [2.45, 2.75) is 38.7 Å². The zero-order valence-electron chi connectivity index (χ0n) is 17.1. The Morgan fingerprint density at radius 3 is 2.55 bits per heavy atom. The summed E-state index contributed by atoms with van der Waals surface area (Å²) in [5.41, 5.74) is 1.13. The van der Waals surface area contributed by atoms with Gasteiger partial charge in [0.15, 0.2) is 10.6 Å². The zero-order chi connectivity index (χ0) is 22.0. The molecule has 1 aliphatic heterocycles. The molecule has 3 aromatic rings. The number of nitrogens with zero attached hydrogens (tertiary/aromatic N) is 4. The van der Waals surface area contributed by atoms with Crippen molar-refractivity contribution in [3.05, 3.63) is 70.3 Å². The highest BCUT2D eigenvalue weighted by Gasteiger charge is 2.21. The van der Waals surface area contributed by atoms with Gasteiger partial charge in [0.2, 0.25) is 0 Å². The average Bonchev–Trinajstić information content (AvgIpc) is 3.35. The van der Waals surface area contributed by atoms with Crippen molar-refractivity contribution in [3.63, 3.8) is 0 Å². The van der Waals surface area contributed by atoms with E-state index in [2.05, 4.69) is 5.10 Å². The minimum Gasteiger partial charge on any atom is -0.376 e. The van der Waals surface area contributed by atoms with E-state index >= 15 is 0 Å². The van der Waals surface area contributed by atoms with Gasteiger partial charge in [-0.05, 0) is 62.4 Å². The molecular formula is C22H23F3N4OS. The molecule has 1 aliphatic rings. The highest BCUT2D eigenvalue weighted by Crippen LogP contribution is 2.23. The first-order valence-electron chi connectivity index (χ1n) is 10.1. The van der Waals surface area contributed by atoms with E-state index < -0.39 is 11.6 Å². The molecule has 0 bridgehead atoms. The van der Waals surface area contributed by atoms with Gasteiger partial charge in [0.1, 0.15) is 17.5 Å². The van der Waals surface area contributed by atoms with Crippen LogP contribution in [0.15, 0.2) is 42.5 Å². The molecule has 1 saturated heterocycles. The van der Waals surface area contributed by atoms with Crippen LogP contribution < -0.4 is 0 Å². The zero-order valence-corrected chi connectivity index (χ0v) is 17.9. The quantitative estimate of drug-likeness (QED) is 0.488. The highest BCUT2D eigenvalue weighted by molar-refractivity contribution is 7.71. The first kappa shape index (κ1) is 21.7. The maximum atomic E-state index is 14.0. The lowest BCUT2D eigenvalue weighted by atomic mass is 10.2. The highest BCUT2D eigenvalue weighted by atomic mass is 32.1. The maximum absolute atomic E-state index is 14.0. The first-order chi connectivity index (χ1) is 14.9. The molecule has 0 saturated carbocycles. The van der Waals surface area contributed by atoms with Gasteiger partial charge in [-0.3, -0.25) is 9.47 Å². The molecule has 0 radical (unpaired) electrons. The Morgan fingerprint density at radius 1 is 1.13 bits per heavy atom. The molecule has 0 N–H and O–H groups in total. The van der Waals surface area contributed by atoms with Gasteiger partial charge in [0, 0.05) is 30.3 Å². The largest absolute Gasteiger partial charge is 0.376 e. The summed E-state index contributed by atoms with van der Waals surface area (Å²) in [6.45, 7) is 1.85. The van der Waals surface area contributed by atoms with Crippen LogP contribution in [0.4, 0.5) is 13.2 Å². The molecule has 9 heteroatoms. The Balaban J connectivity index is 1.60. The van der Waals surface area contributed by atoms with Crippen molar-refractivity contribution in [2.75, 3.05) is 13.7 Å². The topological polar surface area (TPSA) is 35.2 Å². The molecular weight excluding hydrogens is 425 g/mol. The van der Waals surface area contributed by atoms with Crippen molar-refractivity contribution in [1.29, 1.82) is 0 Å². The van der Waals surface area contributed by atoms with E-state index in [9.17, 15) is 13.2 Å². The molecule has 4 rings (SSSR count). The van der Waals surface area contributed by atoms with E-state index in [-0.39, 0.29) is 18.5 Å². The average molecular weight is 449 g/mol. The molecule has 5 nitrogen and oxygen atoms in total. The number of rotatable bonds is 7. The molecule has 2 heterocycles. The van der Waals surface area contributed by atoms with E-state index in [0.29, 0.717) is 29.4 Å². The fourth-order valence-electron chi connectivity index (χ4n) is 3.72. The van der Waals surface area contributed by atoms with Gasteiger partial charge in [0.25, 0.3) is 0 Å². The third-order valence-corrected chi connectivity index (χ3v) is 5.70. The monoisotopic (exact) mass is 448 g/mol. The normalized spacial score (nSPS) is 16.4. The van der Waals surface area contributed by atoms with E-state index in [1.165, 1.54) is 24.3 Å². The van der Waals surface area contributed by atoms with E-state index in [1.807, 2.05) is 9.47 Å². The summed E-state index contributed by atoms with van der Waals surface area (Å²) in [4.78, 5) is 1.84. The van der Waals surface area contributed by atoms with Crippen molar-refractivity contribution in [1.82, 2.24) is 19.2 Å². The van der Waals surface area contributed by atoms with Gasteiger partial charge in [-0.25, -0.2) is 17.9 Å². The summed E-state index contributed by atoms with van der Waals surface area (Å²) < 4.78 is 50.4. The Bertz CT molecular complexity index is 1110. The van der Waals surface area contributed by atoms with Crippen LogP contribution in [0.25, 0.3) is 11.4 Å². The number of ether oxygens (including phenoxy) is 1. The Morgan fingerprint density at radius 2 is 1.87 bits per heavy atom. The van der Waals surface area contributed by atoms with E-state index in [4.69, 9.17) is 17.0 Å². The summed E-state index contributed by atoms with van der Waals surface area (Å²) in [6, 6.07) is 9.65. The minimum atomic E-state index is -0.608. The maximum Gasteiger partial charge on any atom is 0.199 e. The van der Waals surface area contributed by atoms with Crippen LogP contribution in [0.1, 0.15) is 18.4 Å². The number of aromatic nitrogens is 3. The summed E-state index contributed by atoms with van der Waals surface area (Å²) in [7, 11) is 1.81. The molecule has 1 aromatic heterocycles. The molecule has 1 fully saturated rings. The van der Waals surface area contributed by atoms with Crippen molar-refractivity contribution >= 4 is 12.2 Å². The summed E-state index contributed by atoms with van der Waals surface area (Å²) in [5.74, 6) is -0.898. The van der Waals surface area contributed by atoms with Gasteiger partial charge in [0.05, 0.1) is 19.3 Å². The van der Waals surface area contributed by atoms with Crippen LogP contribution in [0.5, 0.6) is 0 Å². The molecule has 1 unspecified atom stereocenters. The number of hydrogen-bond acceptors (Lipinski definition) is 4. The molecule has 31 heavy (non-hydrogen) atoms. The molecule has 0 spiro atoms. The molecule has 1 atom stereocenters. The predicted octanol–water partition coefficient (Wildman–Crippen LogP) is 4.77. The van der Waals surface area contributed by atoms with E-state index in [0.717, 1.165) is 31.1 Å². The summed E-state index contributed by atoms with van der Waals surface area (Å²) in [6.07, 6.45) is 2.00. The third-order valence-electron chi connectivity index (χ3n) is 5.27. The molecule has 0 aliphatic carbocycles. The summed E-state index contributed by atoms with van der Waals surface area (Å²) >= 11 is 5.68. The standard InChI is InChI=1S/C22H23F3N4OS/c1-27(12-16-6-9-18(24)11-20(16)25)14-29-22(31)28(13-19-3-2-10-30-19)21(26-29)15-4-7-17(23)8-5-15/h4-9,11,19H,2-3,10,12-14H2,1H3. The van der Waals surface area contributed by atoms with Gasteiger partial charge in [-0.2, -0.15) is 5.10 Å². The second-order valence-corrected chi connectivity index (χ2v) is 8.11. The Labute approximate surface area is 183 Å². The SMILES string of the molecule is CN(Cc1ccc(F)cc1F)Cn1nc(-c2ccc(F)cc2)n(CC2CCCO2)c1=S. The second kappa shape index (κ2) is 9.33. The lowest BCUT2D eigenvalue weighted by molar-refractivity contribution is 0.0967. The number of benzene rings is 2. The Hall–Kier alpha value is -2.49. The fraction of sp³-hybridized carbons (Fsp3) is 0.364. The number of hydrogen-bond donors (Lipinski definition) is 0. The van der Waals surface area contributed by atoms with Crippen LogP contribution in [0, 0.1) is 22.2 Å². The minimum absolute atomic E-state index is 0.0505. The van der Waals surface area contributed by atoms with Gasteiger partial charge in [-0.1, -0.05) is 6.07 Å². The molecule has 0 amide bonds. The number of halogens is 3. The van der Waals surface area contributed by atoms with Crippen molar-refractivity contribution in [2.24, 2.45) is 0 Å². The summed E-state index contributed by atoms with van der Waals surface area (Å²) in [5, 5.41) is 4.67. The molecule has 164 valence electrons. The second-order valence-electron chi connectivity index (χ2n) is 7.75. The van der Waals surface area contributed by atoms with E-state index in [1.54, 1.807) is 23.9 Å². The lowest BCUT2D eigenvalue weighted by Gasteiger charge is -2.17. The molecule has 2 aromatic carbocycles. The van der Waals surface area contributed by atoms with Crippen molar-refractivity contribution in [3.8, 4) is 11.4 Å². The lowest BCUT2D eigenvalue weighted by Crippen LogP contribution is -2.23. The van der Waals surface area contributed by atoms with Crippen LogP contribution in [-0.2, 0) is 24.5 Å². The van der Waals surface area contributed by atoms with Crippen LogP contribution in [0.2, 0.25) is 0 Å². The van der Waals surface area contributed by atoms with Crippen LogP contribution in [0.3, 0.4) is 0 Å². The van der Waals surface area contributed by atoms with Crippen LogP contribution in [-0.4, -0.2) is 39.0 Å². The fourth-order valence-corrected chi connectivity index (χ4v) is 3.98. The Kier molecular flexibility index (Phi) is 6.54. The van der Waals surface area contributed by atoms with Crippen LogP contribution >= 0.6 is 12.2 Å². The third kappa shape index (κ3) is 5.06. The van der Waals surface area contributed by atoms with Gasteiger partial charge >= 0.3 is 0 Å². The smallest absolute Gasteiger partial charge is 0.199 e.